The zero-order chi connectivity index (χ0) is 16.1. The molecule has 0 aliphatic carbocycles. The molecule has 0 radical (unpaired) electrons. The lowest BCUT2D eigenvalue weighted by atomic mass is 9.92. The molecule has 0 heterocycles. The van der Waals surface area contributed by atoms with E-state index in [1.54, 1.807) is 0 Å². The van der Waals surface area contributed by atoms with E-state index in [0.717, 1.165) is 24.0 Å². The predicted octanol–water partition coefficient (Wildman–Crippen LogP) is 6.40. The first-order valence-electron chi connectivity index (χ1n) is 7.67. The molecular weight excluding hydrogens is 264 g/mol. The maximum Gasteiger partial charge on any atom is -0.0155 e. The monoisotopic (exact) mass is 288 g/mol. The Kier molecular flexibility index (Phi) is 5.16. The van der Waals surface area contributed by atoms with Gasteiger partial charge in [0.25, 0.3) is 0 Å². The quantitative estimate of drug-likeness (QED) is 0.577. The Morgan fingerprint density at radius 3 is 2.14 bits per heavy atom. The van der Waals surface area contributed by atoms with Gasteiger partial charge in [-0.05, 0) is 54.5 Å². The van der Waals surface area contributed by atoms with E-state index in [2.05, 4.69) is 68.3 Å². The Balaban J connectivity index is 2.12. The highest BCUT2D eigenvalue weighted by Gasteiger charge is 2.06. The third kappa shape index (κ3) is 3.85. The molecule has 0 atom stereocenters. The second kappa shape index (κ2) is 7.09. The molecule has 22 heavy (non-hydrogen) atoms. The van der Waals surface area contributed by atoms with Gasteiger partial charge >= 0.3 is 0 Å². The summed E-state index contributed by atoms with van der Waals surface area (Å²) in [4.78, 5) is 0. The molecule has 0 fully saturated rings. The lowest BCUT2D eigenvalue weighted by Crippen LogP contribution is -1.93. The van der Waals surface area contributed by atoms with Crippen LogP contribution in [0.25, 0.3) is 16.7 Å². The fourth-order valence-electron chi connectivity index (χ4n) is 2.59. The summed E-state index contributed by atoms with van der Waals surface area (Å²) in [5, 5.41) is 0. The molecule has 0 aromatic heterocycles. The molecular formula is C22H24. The molecule has 2 aromatic carbocycles. The summed E-state index contributed by atoms with van der Waals surface area (Å²) < 4.78 is 0. The lowest BCUT2D eigenvalue weighted by Gasteiger charge is -2.12. The molecule has 0 aliphatic rings. The van der Waals surface area contributed by atoms with E-state index in [1.807, 2.05) is 13.8 Å². The molecule has 2 rings (SSSR count). The summed E-state index contributed by atoms with van der Waals surface area (Å²) in [5.41, 5.74) is 8.31. The second-order valence-corrected chi connectivity index (χ2v) is 5.91. The number of aryl methyl sites for hydroxylation is 1. The van der Waals surface area contributed by atoms with Gasteiger partial charge in [0.05, 0.1) is 0 Å². The van der Waals surface area contributed by atoms with Crippen LogP contribution < -0.4 is 0 Å². The zero-order valence-corrected chi connectivity index (χ0v) is 13.7. The van der Waals surface area contributed by atoms with Gasteiger partial charge in [-0.15, -0.1) is 0 Å². The largest absolute Gasteiger partial charge is 0.0955 e. The summed E-state index contributed by atoms with van der Waals surface area (Å²) >= 11 is 0. The molecule has 0 N–H and O–H groups in total. The molecule has 0 unspecified atom stereocenters. The Hall–Kier alpha value is -2.34. The highest BCUT2D eigenvalue weighted by molar-refractivity contribution is 5.77. The van der Waals surface area contributed by atoms with Gasteiger partial charge in [0.15, 0.2) is 0 Å². The van der Waals surface area contributed by atoms with Crippen molar-refractivity contribution in [3.63, 3.8) is 0 Å². The van der Waals surface area contributed by atoms with Gasteiger partial charge in [0, 0.05) is 0 Å². The maximum atomic E-state index is 4.28. The van der Waals surface area contributed by atoms with E-state index in [4.69, 9.17) is 0 Å². The van der Waals surface area contributed by atoms with Gasteiger partial charge in [-0.2, -0.15) is 0 Å². The molecule has 2 aromatic rings. The topological polar surface area (TPSA) is 0 Å². The fraction of sp³-hybridized carbons (Fsp3) is 0.182. The molecule has 0 saturated carbocycles. The van der Waals surface area contributed by atoms with Gasteiger partial charge in [-0.25, -0.2) is 0 Å². The molecule has 0 nitrogen and oxygen atoms in total. The third-order valence-corrected chi connectivity index (χ3v) is 3.90. The van der Waals surface area contributed by atoms with E-state index in [0.29, 0.717) is 0 Å². The molecule has 0 spiro atoms. The Labute approximate surface area is 134 Å². The van der Waals surface area contributed by atoms with Crippen molar-refractivity contribution in [1.82, 2.24) is 0 Å². The fourth-order valence-corrected chi connectivity index (χ4v) is 2.59. The van der Waals surface area contributed by atoms with Crippen LogP contribution in [0, 0.1) is 0 Å². The van der Waals surface area contributed by atoms with Crippen LogP contribution in [0.1, 0.15) is 42.5 Å². The smallest absolute Gasteiger partial charge is 0.0155 e. The van der Waals surface area contributed by atoms with Gasteiger partial charge < -0.3 is 0 Å². The van der Waals surface area contributed by atoms with Crippen molar-refractivity contribution in [2.45, 2.75) is 26.7 Å². The molecule has 0 amide bonds. The summed E-state index contributed by atoms with van der Waals surface area (Å²) in [5.74, 6) is 0. The Morgan fingerprint density at radius 2 is 1.50 bits per heavy atom. The first kappa shape index (κ1) is 16.0. The first-order chi connectivity index (χ1) is 10.5. The van der Waals surface area contributed by atoms with Crippen molar-refractivity contribution >= 4 is 16.7 Å². The molecule has 0 aliphatic heterocycles. The second-order valence-electron chi connectivity index (χ2n) is 5.91. The van der Waals surface area contributed by atoms with E-state index >= 15 is 0 Å². The van der Waals surface area contributed by atoms with Gasteiger partial charge in [0.1, 0.15) is 0 Å². The van der Waals surface area contributed by atoms with Crippen molar-refractivity contribution in [2.75, 3.05) is 0 Å². The Bertz CT molecular complexity index is 716. The highest BCUT2D eigenvalue weighted by atomic mass is 14.1. The maximum absolute atomic E-state index is 4.28. The predicted molar refractivity (Wildman–Crippen MR) is 99.7 cm³/mol. The van der Waals surface area contributed by atoms with Crippen LogP contribution in [0.5, 0.6) is 0 Å². The molecule has 0 saturated heterocycles. The molecule has 0 heteroatoms. The number of rotatable bonds is 6. The zero-order valence-electron chi connectivity index (χ0n) is 13.7. The summed E-state index contributed by atoms with van der Waals surface area (Å²) in [6.45, 7) is 16.4. The van der Waals surface area contributed by atoms with E-state index in [9.17, 15) is 0 Å². The summed E-state index contributed by atoms with van der Waals surface area (Å²) in [7, 11) is 0. The van der Waals surface area contributed by atoms with Gasteiger partial charge in [-0.3, -0.25) is 0 Å². The van der Waals surface area contributed by atoms with Gasteiger partial charge in [0.2, 0.25) is 0 Å². The normalized spacial score (nSPS) is 10.3. The third-order valence-electron chi connectivity index (χ3n) is 3.90. The standard InChI is InChI=1S/C22H24/c1-16(2)20-10-8-9-19(15-20)14-13-18(5)22-12-7-6-11-21(22)17(3)4/h6-12,15H,1,3,5,13-14H2,2,4H3. The average molecular weight is 288 g/mol. The van der Waals surface area contributed by atoms with Crippen LogP contribution in [-0.2, 0) is 6.42 Å². The van der Waals surface area contributed by atoms with Crippen LogP contribution in [0.3, 0.4) is 0 Å². The minimum absolute atomic E-state index is 0.948. The van der Waals surface area contributed by atoms with E-state index in [1.165, 1.54) is 27.8 Å². The number of hydrogen-bond donors (Lipinski definition) is 0. The van der Waals surface area contributed by atoms with Crippen LogP contribution >= 0.6 is 0 Å². The molecule has 112 valence electrons. The number of hydrogen-bond acceptors (Lipinski definition) is 0. The van der Waals surface area contributed by atoms with Crippen molar-refractivity contribution in [3.8, 4) is 0 Å². The number of benzene rings is 2. The minimum Gasteiger partial charge on any atom is -0.0955 e. The van der Waals surface area contributed by atoms with Crippen molar-refractivity contribution in [2.24, 2.45) is 0 Å². The SMILES string of the molecule is C=C(C)c1cccc(CCC(=C)c2ccccc2C(=C)C)c1. The van der Waals surface area contributed by atoms with Crippen molar-refractivity contribution < 1.29 is 0 Å². The lowest BCUT2D eigenvalue weighted by molar-refractivity contribution is 1.02. The highest BCUT2D eigenvalue weighted by Crippen LogP contribution is 2.26. The van der Waals surface area contributed by atoms with Crippen LogP contribution in [0.2, 0.25) is 0 Å². The van der Waals surface area contributed by atoms with Crippen molar-refractivity contribution in [3.05, 3.63) is 90.5 Å². The van der Waals surface area contributed by atoms with Crippen LogP contribution in [0.15, 0.2) is 68.3 Å². The van der Waals surface area contributed by atoms with E-state index in [-0.39, 0.29) is 0 Å². The first-order valence-corrected chi connectivity index (χ1v) is 7.67. The minimum atomic E-state index is 0.948. The Morgan fingerprint density at radius 1 is 0.818 bits per heavy atom. The average Bonchev–Trinajstić information content (AvgIpc) is 2.52. The summed E-state index contributed by atoms with van der Waals surface area (Å²) in [6, 6.07) is 17.0. The molecule has 0 bridgehead atoms. The van der Waals surface area contributed by atoms with Crippen LogP contribution in [-0.4, -0.2) is 0 Å². The van der Waals surface area contributed by atoms with E-state index < -0.39 is 0 Å². The van der Waals surface area contributed by atoms with Crippen molar-refractivity contribution in [1.29, 1.82) is 0 Å². The number of allylic oxidation sites excluding steroid dienone is 3. The van der Waals surface area contributed by atoms with Crippen LogP contribution in [0.4, 0.5) is 0 Å². The van der Waals surface area contributed by atoms with Gasteiger partial charge in [-0.1, -0.05) is 79.4 Å². The summed E-state index contributed by atoms with van der Waals surface area (Å²) in [6.07, 6.45) is 1.94.